The minimum Gasteiger partial charge on any atom is -0.398 e. The Morgan fingerprint density at radius 1 is 1.29 bits per heavy atom. The van der Waals surface area contributed by atoms with Crippen LogP contribution in [0.4, 0.5) is 11.4 Å². The van der Waals surface area contributed by atoms with Gasteiger partial charge in [-0.1, -0.05) is 15.9 Å². The van der Waals surface area contributed by atoms with Crippen LogP contribution in [0.1, 0.15) is 10.4 Å². The lowest BCUT2D eigenvalue weighted by molar-refractivity contribution is 0.102. The smallest absolute Gasteiger partial charge is 0.257 e. The van der Waals surface area contributed by atoms with E-state index in [0.29, 0.717) is 16.9 Å². The van der Waals surface area contributed by atoms with E-state index in [-0.39, 0.29) is 5.03 Å². The molecular weight excluding hydrogens is 358 g/mol. The number of carbonyl (C=O) groups is 1. The minimum atomic E-state index is -3.36. The Morgan fingerprint density at radius 2 is 2.00 bits per heavy atom. The lowest BCUT2D eigenvalue weighted by atomic mass is 10.1. The molecule has 0 saturated carbocycles. The molecule has 1 aromatic carbocycles. The fourth-order valence-electron chi connectivity index (χ4n) is 1.60. The van der Waals surface area contributed by atoms with Crippen molar-refractivity contribution in [2.75, 3.05) is 17.3 Å². The lowest BCUT2D eigenvalue weighted by Crippen LogP contribution is -2.14. The minimum absolute atomic E-state index is 0.0533. The standard InChI is InChI=1S/C13H12BrN3O3S/c1-21(19,20)12-5-3-9(7-16-12)17-13(18)10-6-8(14)2-4-11(10)15/h2-7H,15H2,1H3,(H,17,18). The number of nitrogens with one attached hydrogen (secondary N) is 1. The van der Waals surface area contributed by atoms with E-state index in [1.807, 2.05) is 0 Å². The molecule has 8 heteroatoms. The van der Waals surface area contributed by atoms with Gasteiger partial charge in [0.05, 0.1) is 17.4 Å². The van der Waals surface area contributed by atoms with E-state index in [1.165, 1.54) is 18.3 Å². The number of pyridine rings is 1. The molecule has 1 heterocycles. The number of hydrogen-bond acceptors (Lipinski definition) is 5. The molecule has 1 aromatic heterocycles. The molecule has 0 unspecified atom stereocenters. The molecule has 110 valence electrons. The summed E-state index contributed by atoms with van der Waals surface area (Å²) in [6.07, 6.45) is 2.35. The summed E-state index contributed by atoms with van der Waals surface area (Å²) >= 11 is 3.27. The van der Waals surface area contributed by atoms with Crippen LogP contribution < -0.4 is 11.1 Å². The van der Waals surface area contributed by atoms with Gasteiger partial charge in [0, 0.05) is 16.4 Å². The fourth-order valence-corrected chi connectivity index (χ4v) is 2.52. The molecule has 0 bridgehead atoms. The van der Waals surface area contributed by atoms with Crippen LogP contribution in [0.5, 0.6) is 0 Å². The van der Waals surface area contributed by atoms with Crippen molar-refractivity contribution in [2.24, 2.45) is 0 Å². The second kappa shape index (κ2) is 5.82. The zero-order valence-electron chi connectivity index (χ0n) is 11.0. The van der Waals surface area contributed by atoms with Crippen LogP contribution in [0.15, 0.2) is 46.0 Å². The maximum absolute atomic E-state index is 12.1. The van der Waals surface area contributed by atoms with Crippen molar-refractivity contribution in [1.29, 1.82) is 0 Å². The van der Waals surface area contributed by atoms with E-state index < -0.39 is 15.7 Å². The third kappa shape index (κ3) is 3.79. The molecule has 2 aromatic rings. The molecule has 0 aliphatic rings. The zero-order chi connectivity index (χ0) is 15.6. The van der Waals surface area contributed by atoms with E-state index in [9.17, 15) is 13.2 Å². The number of carbonyl (C=O) groups excluding carboxylic acids is 1. The molecular formula is C13H12BrN3O3S. The third-order valence-electron chi connectivity index (χ3n) is 2.63. The molecule has 0 radical (unpaired) electrons. The van der Waals surface area contributed by atoms with Gasteiger partial charge in [-0.25, -0.2) is 13.4 Å². The highest BCUT2D eigenvalue weighted by Gasteiger charge is 2.12. The molecule has 0 spiro atoms. The van der Waals surface area contributed by atoms with Crippen LogP contribution in [-0.2, 0) is 9.84 Å². The highest BCUT2D eigenvalue weighted by Crippen LogP contribution is 2.20. The highest BCUT2D eigenvalue weighted by atomic mass is 79.9. The van der Waals surface area contributed by atoms with Crippen molar-refractivity contribution in [3.63, 3.8) is 0 Å². The Balaban J connectivity index is 2.22. The Hall–Kier alpha value is -1.93. The molecule has 6 nitrogen and oxygen atoms in total. The maximum Gasteiger partial charge on any atom is 0.257 e. The Kier molecular flexibility index (Phi) is 4.29. The lowest BCUT2D eigenvalue weighted by Gasteiger charge is -2.08. The molecule has 0 atom stereocenters. The number of aromatic nitrogens is 1. The SMILES string of the molecule is CS(=O)(=O)c1ccc(NC(=O)c2cc(Br)ccc2N)cn1. The summed E-state index contributed by atoms with van der Waals surface area (Å²) in [4.78, 5) is 15.9. The van der Waals surface area contributed by atoms with Gasteiger partial charge in [0.15, 0.2) is 14.9 Å². The van der Waals surface area contributed by atoms with Crippen molar-refractivity contribution in [2.45, 2.75) is 5.03 Å². The van der Waals surface area contributed by atoms with Crippen LogP contribution in [0.25, 0.3) is 0 Å². The topological polar surface area (TPSA) is 102 Å². The number of anilines is 2. The molecule has 0 saturated heterocycles. The van der Waals surface area contributed by atoms with Crippen LogP contribution in [0, 0.1) is 0 Å². The summed E-state index contributed by atoms with van der Waals surface area (Å²) in [5.74, 6) is -0.400. The van der Waals surface area contributed by atoms with Gasteiger partial charge >= 0.3 is 0 Å². The molecule has 0 aliphatic carbocycles. The van der Waals surface area contributed by atoms with Crippen LogP contribution >= 0.6 is 15.9 Å². The predicted molar refractivity (Wildman–Crippen MR) is 83.9 cm³/mol. The summed E-state index contributed by atoms with van der Waals surface area (Å²) < 4.78 is 23.3. The largest absolute Gasteiger partial charge is 0.398 e. The normalized spacial score (nSPS) is 11.1. The summed E-state index contributed by atoms with van der Waals surface area (Å²) in [5.41, 5.74) is 6.79. The van der Waals surface area contributed by atoms with E-state index in [0.717, 1.165) is 10.7 Å². The van der Waals surface area contributed by atoms with Gasteiger partial charge in [0.25, 0.3) is 5.91 Å². The number of rotatable bonds is 3. The summed E-state index contributed by atoms with van der Waals surface area (Å²) in [6.45, 7) is 0. The first-order valence-corrected chi connectivity index (χ1v) is 8.48. The molecule has 21 heavy (non-hydrogen) atoms. The molecule has 1 amide bonds. The van der Waals surface area contributed by atoms with Gasteiger partial charge in [-0.15, -0.1) is 0 Å². The summed E-state index contributed by atoms with van der Waals surface area (Å²) in [5, 5.41) is 2.55. The van der Waals surface area contributed by atoms with Crippen molar-refractivity contribution < 1.29 is 13.2 Å². The van der Waals surface area contributed by atoms with E-state index in [1.54, 1.807) is 18.2 Å². The quantitative estimate of drug-likeness (QED) is 0.806. The Labute approximate surface area is 130 Å². The predicted octanol–water partition coefficient (Wildman–Crippen LogP) is 2.08. The number of halogens is 1. The first-order valence-electron chi connectivity index (χ1n) is 5.80. The van der Waals surface area contributed by atoms with Crippen molar-refractivity contribution >= 4 is 43.0 Å². The van der Waals surface area contributed by atoms with E-state index in [4.69, 9.17) is 5.73 Å². The molecule has 0 aliphatic heterocycles. The Bertz CT molecular complexity index is 789. The highest BCUT2D eigenvalue weighted by molar-refractivity contribution is 9.10. The first kappa shape index (κ1) is 15.5. The summed E-state index contributed by atoms with van der Waals surface area (Å²) in [7, 11) is -3.36. The van der Waals surface area contributed by atoms with Crippen molar-refractivity contribution in [3.05, 3.63) is 46.6 Å². The van der Waals surface area contributed by atoms with Crippen molar-refractivity contribution in [3.8, 4) is 0 Å². The average Bonchev–Trinajstić information content (AvgIpc) is 2.41. The number of nitrogen functional groups attached to an aromatic ring is 1. The second-order valence-corrected chi connectivity index (χ2v) is 7.22. The number of hydrogen-bond donors (Lipinski definition) is 2. The zero-order valence-corrected chi connectivity index (χ0v) is 13.4. The monoisotopic (exact) mass is 369 g/mol. The van der Waals surface area contributed by atoms with Gasteiger partial charge in [-0.05, 0) is 30.3 Å². The van der Waals surface area contributed by atoms with Gasteiger partial charge in [0.1, 0.15) is 0 Å². The number of nitrogens with two attached hydrogens (primary N) is 1. The molecule has 2 rings (SSSR count). The Morgan fingerprint density at radius 3 is 2.57 bits per heavy atom. The fraction of sp³-hybridized carbons (Fsp3) is 0.0769. The van der Waals surface area contributed by atoms with Crippen LogP contribution in [-0.4, -0.2) is 25.6 Å². The van der Waals surface area contributed by atoms with E-state index in [2.05, 4.69) is 26.2 Å². The number of amides is 1. The van der Waals surface area contributed by atoms with Gasteiger partial charge in [-0.2, -0.15) is 0 Å². The van der Waals surface area contributed by atoms with E-state index >= 15 is 0 Å². The number of benzene rings is 1. The van der Waals surface area contributed by atoms with Gasteiger partial charge in [0.2, 0.25) is 0 Å². The van der Waals surface area contributed by atoms with Gasteiger partial charge < -0.3 is 11.1 Å². The number of sulfone groups is 1. The third-order valence-corrected chi connectivity index (χ3v) is 4.13. The molecule has 0 fully saturated rings. The average molecular weight is 370 g/mol. The summed E-state index contributed by atoms with van der Waals surface area (Å²) in [6, 6.07) is 7.74. The van der Waals surface area contributed by atoms with Crippen LogP contribution in [0.3, 0.4) is 0 Å². The van der Waals surface area contributed by atoms with Crippen LogP contribution in [0.2, 0.25) is 0 Å². The maximum atomic E-state index is 12.1. The first-order chi connectivity index (χ1) is 9.77. The second-order valence-electron chi connectivity index (χ2n) is 4.34. The van der Waals surface area contributed by atoms with Crippen molar-refractivity contribution in [1.82, 2.24) is 4.98 Å². The van der Waals surface area contributed by atoms with Gasteiger partial charge in [-0.3, -0.25) is 4.79 Å². The number of nitrogens with zero attached hydrogens (tertiary/aromatic N) is 1. The molecule has 3 N–H and O–H groups in total.